The highest BCUT2D eigenvalue weighted by atomic mass is 32.2. The Morgan fingerprint density at radius 3 is 2.48 bits per heavy atom. The van der Waals surface area contributed by atoms with E-state index in [9.17, 15) is 18.5 Å². The van der Waals surface area contributed by atoms with Crippen molar-refractivity contribution in [2.45, 2.75) is 50.5 Å². The molecule has 1 aromatic carbocycles. The lowest BCUT2D eigenvalue weighted by Crippen LogP contribution is -2.55. The molecule has 7 nitrogen and oxygen atoms in total. The Morgan fingerprint density at radius 1 is 1.21 bits per heavy atom. The summed E-state index contributed by atoms with van der Waals surface area (Å²) in [6, 6.07) is 7.65. The number of rotatable bonds is 6. The van der Waals surface area contributed by atoms with Crippen molar-refractivity contribution in [3.8, 4) is 6.07 Å². The summed E-state index contributed by atoms with van der Waals surface area (Å²) < 4.78 is 27.5. The number of nitrogens with zero attached hydrogens (tertiary/aromatic N) is 3. The number of piperazine rings is 1. The smallest absolute Gasteiger partial charge is 0.243 e. The van der Waals surface area contributed by atoms with Crippen LogP contribution in [0.25, 0.3) is 0 Å². The van der Waals surface area contributed by atoms with Gasteiger partial charge in [0.2, 0.25) is 15.9 Å². The van der Waals surface area contributed by atoms with E-state index in [4.69, 9.17) is 0 Å². The van der Waals surface area contributed by atoms with E-state index < -0.39 is 15.6 Å². The summed E-state index contributed by atoms with van der Waals surface area (Å²) in [6.07, 6.45) is 3.05. The van der Waals surface area contributed by atoms with Crippen LogP contribution >= 0.6 is 0 Å². The number of aryl methyl sites for hydroxylation is 2. The number of hydrogen-bond donors (Lipinski definition) is 1. The van der Waals surface area contributed by atoms with E-state index in [1.807, 2.05) is 30.9 Å². The van der Waals surface area contributed by atoms with E-state index in [0.717, 1.165) is 24.8 Å². The van der Waals surface area contributed by atoms with E-state index in [1.165, 1.54) is 9.87 Å². The molecule has 0 unspecified atom stereocenters. The first-order valence-corrected chi connectivity index (χ1v) is 11.7. The van der Waals surface area contributed by atoms with Gasteiger partial charge in [-0.3, -0.25) is 9.69 Å². The minimum atomic E-state index is -3.52. The number of carbonyl (C=O) groups excluding carboxylic acids is 1. The molecule has 1 N–H and O–H groups in total. The minimum absolute atomic E-state index is 0.00855. The van der Waals surface area contributed by atoms with Crippen molar-refractivity contribution >= 4 is 15.9 Å². The lowest BCUT2D eigenvalue weighted by atomic mass is 9.90. The Kier molecular flexibility index (Phi) is 6.32. The van der Waals surface area contributed by atoms with Gasteiger partial charge >= 0.3 is 0 Å². The van der Waals surface area contributed by atoms with Crippen LogP contribution < -0.4 is 5.32 Å². The predicted octanol–water partition coefficient (Wildman–Crippen LogP) is 1.54. The van der Waals surface area contributed by atoms with E-state index in [1.54, 1.807) is 13.0 Å². The number of carbonyl (C=O) groups is 1. The van der Waals surface area contributed by atoms with Gasteiger partial charge in [-0.05, 0) is 55.4 Å². The molecule has 158 valence electrons. The number of sulfonamides is 1. The number of amides is 1. The molecule has 1 aliphatic carbocycles. The van der Waals surface area contributed by atoms with E-state index in [-0.39, 0.29) is 18.4 Å². The SMILES string of the molecule is CC(C)[C@](C)(C#N)NC(=O)CN1CCN(S(=O)(=O)c2ccc3c(c2)CCC3)CC1. The summed E-state index contributed by atoms with van der Waals surface area (Å²) in [5.74, 6) is -0.219. The van der Waals surface area contributed by atoms with Crippen molar-refractivity contribution in [3.05, 3.63) is 29.3 Å². The molecule has 0 bridgehead atoms. The van der Waals surface area contributed by atoms with Crippen LogP contribution in [0, 0.1) is 17.2 Å². The zero-order valence-corrected chi connectivity index (χ0v) is 18.3. The molecular weight excluding hydrogens is 388 g/mol. The molecule has 3 rings (SSSR count). The zero-order chi connectivity index (χ0) is 21.2. The molecule has 1 atom stereocenters. The molecule has 0 saturated carbocycles. The summed E-state index contributed by atoms with van der Waals surface area (Å²) in [7, 11) is -3.52. The second-order valence-electron chi connectivity index (χ2n) is 8.48. The van der Waals surface area contributed by atoms with Crippen LogP contribution in [0.5, 0.6) is 0 Å². The van der Waals surface area contributed by atoms with Crippen LogP contribution in [0.1, 0.15) is 38.3 Å². The second kappa shape index (κ2) is 8.42. The molecule has 1 aliphatic heterocycles. The van der Waals surface area contributed by atoms with Gasteiger partial charge < -0.3 is 5.32 Å². The van der Waals surface area contributed by atoms with Gasteiger partial charge in [-0.15, -0.1) is 0 Å². The number of nitriles is 1. The zero-order valence-electron chi connectivity index (χ0n) is 17.4. The topological polar surface area (TPSA) is 93.5 Å². The Morgan fingerprint density at radius 2 is 1.86 bits per heavy atom. The van der Waals surface area contributed by atoms with Crippen molar-refractivity contribution in [1.82, 2.24) is 14.5 Å². The fourth-order valence-corrected chi connectivity index (χ4v) is 5.29. The van der Waals surface area contributed by atoms with Crippen molar-refractivity contribution < 1.29 is 13.2 Å². The van der Waals surface area contributed by atoms with Gasteiger partial charge in [0.15, 0.2) is 0 Å². The molecular formula is C21H30N4O3S. The maximum absolute atomic E-state index is 13.0. The van der Waals surface area contributed by atoms with Gasteiger partial charge in [0.25, 0.3) is 0 Å². The van der Waals surface area contributed by atoms with Crippen LogP contribution in [0.15, 0.2) is 23.1 Å². The Balaban J connectivity index is 1.57. The summed E-state index contributed by atoms with van der Waals surface area (Å²) in [4.78, 5) is 14.7. The lowest BCUT2D eigenvalue weighted by Gasteiger charge is -2.34. The van der Waals surface area contributed by atoms with Crippen molar-refractivity contribution in [2.24, 2.45) is 5.92 Å². The molecule has 0 radical (unpaired) electrons. The largest absolute Gasteiger partial charge is 0.337 e. The van der Waals surface area contributed by atoms with Gasteiger partial charge in [0.1, 0.15) is 5.54 Å². The Bertz CT molecular complexity index is 914. The maximum atomic E-state index is 13.0. The number of benzene rings is 1. The van der Waals surface area contributed by atoms with E-state index in [2.05, 4.69) is 11.4 Å². The number of fused-ring (bicyclic) bond motifs is 1. The van der Waals surface area contributed by atoms with E-state index in [0.29, 0.717) is 31.1 Å². The Hall–Kier alpha value is -1.95. The summed E-state index contributed by atoms with van der Waals surface area (Å²) in [6.45, 7) is 7.36. The van der Waals surface area contributed by atoms with Crippen molar-refractivity contribution in [1.29, 1.82) is 5.26 Å². The van der Waals surface area contributed by atoms with Crippen molar-refractivity contribution in [3.63, 3.8) is 0 Å². The van der Waals surface area contributed by atoms with Gasteiger partial charge in [0.05, 0.1) is 17.5 Å². The summed E-state index contributed by atoms with van der Waals surface area (Å²) in [5, 5.41) is 12.2. The van der Waals surface area contributed by atoms with Crippen LogP contribution in [0.2, 0.25) is 0 Å². The average Bonchev–Trinajstić information content (AvgIpc) is 3.16. The maximum Gasteiger partial charge on any atom is 0.243 e. The Labute approximate surface area is 173 Å². The third kappa shape index (κ3) is 4.63. The molecule has 29 heavy (non-hydrogen) atoms. The average molecular weight is 419 g/mol. The first-order valence-electron chi connectivity index (χ1n) is 10.2. The fraction of sp³-hybridized carbons (Fsp3) is 0.619. The fourth-order valence-electron chi connectivity index (χ4n) is 3.82. The molecule has 1 heterocycles. The number of hydrogen-bond acceptors (Lipinski definition) is 5. The lowest BCUT2D eigenvalue weighted by molar-refractivity contribution is -0.124. The normalized spacial score (nSPS) is 20.1. The standard InChI is InChI=1S/C21H30N4O3S/c1-16(2)21(3,15-22)23-20(26)14-24-9-11-25(12-10-24)29(27,28)19-8-7-17-5-4-6-18(17)13-19/h7-8,13,16H,4-6,9-12,14H2,1-3H3,(H,23,26)/t21-/m0/s1. The molecule has 8 heteroatoms. The molecule has 0 spiro atoms. The van der Waals surface area contributed by atoms with E-state index >= 15 is 0 Å². The first kappa shape index (κ1) is 21.8. The minimum Gasteiger partial charge on any atom is -0.337 e. The molecule has 1 fully saturated rings. The highest BCUT2D eigenvalue weighted by Crippen LogP contribution is 2.26. The second-order valence-corrected chi connectivity index (χ2v) is 10.4. The molecule has 1 aromatic rings. The monoisotopic (exact) mass is 418 g/mol. The van der Waals surface area contributed by atoms with Crippen LogP contribution in [-0.4, -0.2) is 61.8 Å². The van der Waals surface area contributed by atoms with Gasteiger partial charge in [-0.2, -0.15) is 9.57 Å². The highest BCUT2D eigenvalue weighted by molar-refractivity contribution is 7.89. The molecule has 1 amide bonds. The summed E-state index contributed by atoms with van der Waals surface area (Å²) >= 11 is 0. The van der Waals surface area contributed by atoms with Gasteiger partial charge in [0, 0.05) is 26.2 Å². The van der Waals surface area contributed by atoms with Crippen molar-refractivity contribution in [2.75, 3.05) is 32.7 Å². The van der Waals surface area contributed by atoms with Crippen LogP contribution in [0.4, 0.5) is 0 Å². The van der Waals surface area contributed by atoms with Gasteiger partial charge in [-0.1, -0.05) is 19.9 Å². The van der Waals surface area contributed by atoms with Crippen LogP contribution in [0.3, 0.4) is 0 Å². The number of nitrogens with one attached hydrogen (secondary N) is 1. The predicted molar refractivity (Wildman–Crippen MR) is 111 cm³/mol. The summed E-state index contributed by atoms with van der Waals surface area (Å²) in [5.41, 5.74) is 1.49. The third-order valence-corrected chi connectivity index (χ3v) is 8.09. The highest BCUT2D eigenvalue weighted by Gasteiger charge is 2.33. The third-order valence-electron chi connectivity index (χ3n) is 6.19. The quantitative estimate of drug-likeness (QED) is 0.756. The molecule has 2 aliphatic rings. The molecule has 0 aromatic heterocycles. The molecule has 1 saturated heterocycles. The van der Waals surface area contributed by atoms with Gasteiger partial charge in [-0.25, -0.2) is 8.42 Å². The van der Waals surface area contributed by atoms with Crippen LogP contribution in [-0.2, 0) is 27.7 Å². The first-order chi connectivity index (χ1) is 13.7.